The summed E-state index contributed by atoms with van der Waals surface area (Å²) in [5.41, 5.74) is 6.07. The monoisotopic (exact) mass is 255 g/mol. The summed E-state index contributed by atoms with van der Waals surface area (Å²) >= 11 is 0. The number of nitrogens with zero attached hydrogens (tertiary/aromatic N) is 2. The number of hydrogen-bond acceptors (Lipinski definition) is 3. The Labute approximate surface area is 114 Å². The Hall–Kier alpha value is -0.120. The van der Waals surface area contributed by atoms with Gasteiger partial charge in [-0.25, -0.2) is 0 Å². The van der Waals surface area contributed by atoms with Gasteiger partial charge in [0, 0.05) is 13.1 Å². The summed E-state index contributed by atoms with van der Waals surface area (Å²) in [4.78, 5) is 5.08. The van der Waals surface area contributed by atoms with Gasteiger partial charge in [-0.3, -0.25) is 0 Å². The van der Waals surface area contributed by atoms with Crippen LogP contribution in [0.3, 0.4) is 0 Å². The van der Waals surface area contributed by atoms with Crippen LogP contribution in [0.5, 0.6) is 0 Å². The lowest BCUT2D eigenvalue weighted by Crippen LogP contribution is -2.32. The van der Waals surface area contributed by atoms with Gasteiger partial charge in [0.15, 0.2) is 0 Å². The second-order valence-corrected chi connectivity index (χ2v) is 6.66. The molecule has 0 spiro atoms. The normalized spacial score (nSPS) is 17.8. The zero-order valence-corrected chi connectivity index (χ0v) is 12.7. The van der Waals surface area contributed by atoms with E-state index in [9.17, 15) is 0 Å². The molecule has 0 aromatic carbocycles. The van der Waals surface area contributed by atoms with Crippen molar-refractivity contribution in [2.75, 3.05) is 46.3 Å². The molecule has 3 heteroatoms. The van der Waals surface area contributed by atoms with Crippen LogP contribution in [0.25, 0.3) is 0 Å². The molecular formula is C15H33N3. The molecule has 3 nitrogen and oxygen atoms in total. The first-order valence-corrected chi connectivity index (χ1v) is 7.64. The lowest BCUT2D eigenvalue weighted by Gasteiger charge is -2.26. The largest absolute Gasteiger partial charge is 0.330 e. The van der Waals surface area contributed by atoms with Gasteiger partial charge in [0.05, 0.1) is 0 Å². The second-order valence-electron chi connectivity index (χ2n) is 6.66. The fraction of sp³-hybridized carbons (Fsp3) is 1.00. The standard InChI is InChI=1S/C15H33N3/c1-15(2,8-9-16)7-6-10-17(3)13-14-18-11-4-5-12-18/h4-14,16H2,1-3H3. The number of hydrogen-bond donors (Lipinski definition) is 1. The third-order valence-electron chi connectivity index (χ3n) is 4.21. The molecule has 0 amide bonds. The van der Waals surface area contributed by atoms with Crippen molar-refractivity contribution in [1.29, 1.82) is 0 Å². The van der Waals surface area contributed by atoms with E-state index in [1.165, 1.54) is 58.4 Å². The van der Waals surface area contributed by atoms with Crippen molar-refractivity contribution in [3.05, 3.63) is 0 Å². The van der Waals surface area contributed by atoms with Crippen molar-refractivity contribution in [2.45, 2.75) is 46.0 Å². The minimum atomic E-state index is 0.421. The van der Waals surface area contributed by atoms with E-state index in [2.05, 4.69) is 30.7 Å². The van der Waals surface area contributed by atoms with E-state index < -0.39 is 0 Å². The molecule has 0 bridgehead atoms. The second kappa shape index (κ2) is 8.13. The number of rotatable bonds is 9. The predicted octanol–water partition coefficient (Wildman–Crippen LogP) is 2.17. The minimum Gasteiger partial charge on any atom is -0.330 e. The van der Waals surface area contributed by atoms with Gasteiger partial charge in [0.25, 0.3) is 0 Å². The first kappa shape index (κ1) is 15.9. The summed E-state index contributed by atoms with van der Waals surface area (Å²) in [7, 11) is 2.26. The maximum atomic E-state index is 5.65. The predicted molar refractivity (Wildman–Crippen MR) is 79.9 cm³/mol. The molecule has 1 rings (SSSR count). The molecule has 1 saturated heterocycles. The molecule has 0 aromatic rings. The van der Waals surface area contributed by atoms with Gasteiger partial charge in [-0.2, -0.15) is 0 Å². The lowest BCUT2D eigenvalue weighted by molar-refractivity contribution is 0.234. The minimum absolute atomic E-state index is 0.421. The van der Waals surface area contributed by atoms with E-state index in [4.69, 9.17) is 5.73 Å². The zero-order chi connectivity index (χ0) is 13.4. The zero-order valence-electron chi connectivity index (χ0n) is 12.7. The molecule has 1 aliphatic heterocycles. The van der Waals surface area contributed by atoms with E-state index in [1.54, 1.807) is 0 Å². The third kappa shape index (κ3) is 6.72. The van der Waals surface area contributed by atoms with Crippen LogP contribution in [0.4, 0.5) is 0 Å². The van der Waals surface area contributed by atoms with Gasteiger partial charge in [-0.1, -0.05) is 13.8 Å². The molecule has 1 aliphatic rings. The highest BCUT2D eigenvalue weighted by atomic mass is 15.2. The van der Waals surface area contributed by atoms with Gasteiger partial charge in [-0.05, 0) is 70.7 Å². The number of likely N-dealkylation sites (N-methyl/N-ethyl adjacent to an activating group) is 1. The Morgan fingerprint density at radius 3 is 2.39 bits per heavy atom. The van der Waals surface area contributed by atoms with E-state index in [-0.39, 0.29) is 0 Å². The molecule has 0 atom stereocenters. The SMILES string of the molecule is CN(CCCC(C)(C)CCN)CCN1CCCC1. The van der Waals surface area contributed by atoms with Crippen molar-refractivity contribution < 1.29 is 0 Å². The smallest absolute Gasteiger partial charge is 0.0109 e. The molecule has 2 N–H and O–H groups in total. The third-order valence-corrected chi connectivity index (χ3v) is 4.21. The van der Waals surface area contributed by atoms with Crippen molar-refractivity contribution in [2.24, 2.45) is 11.1 Å². The molecular weight excluding hydrogens is 222 g/mol. The van der Waals surface area contributed by atoms with E-state index in [0.717, 1.165) is 13.0 Å². The summed E-state index contributed by atoms with van der Waals surface area (Å²) in [5, 5.41) is 0. The van der Waals surface area contributed by atoms with E-state index >= 15 is 0 Å². The van der Waals surface area contributed by atoms with Crippen molar-refractivity contribution in [3.8, 4) is 0 Å². The van der Waals surface area contributed by atoms with Gasteiger partial charge in [-0.15, -0.1) is 0 Å². The molecule has 0 aromatic heterocycles. The van der Waals surface area contributed by atoms with E-state index in [0.29, 0.717) is 5.41 Å². The Bertz CT molecular complexity index is 210. The molecule has 0 radical (unpaired) electrons. The molecule has 108 valence electrons. The first-order chi connectivity index (χ1) is 8.53. The van der Waals surface area contributed by atoms with Gasteiger partial charge < -0.3 is 15.5 Å². The summed E-state index contributed by atoms with van der Waals surface area (Å²) < 4.78 is 0. The molecule has 18 heavy (non-hydrogen) atoms. The Morgan fingerprint density at radius 2 is 1.78 bits per heavy atom. The fourth-order valence-electron chi connectivity index (χ4n) is 2.77. The quantitative estimate of drug-likeness (QED) is 0.685. The van der Waals surface area contributed by atoms with Gasteiger partial charge in [0.2, 0.25) is 0 Å². The highest BCUT2D eigenvalue weighted by Gasteiger charge is 2.16. The molecule has 1 heterocycles. The topological polar surface area (TPSA) is 32.5 Å². The molecule has 0 saturated carbocycles. The highest BCUT2D eigenvalue weighted by molar-refractivity contribution is 4.71. The molecule has 1 fully saturated rings. The maximum Gasteiger partial charge on any atom is 0.0109 e. The van der Waals surface area contributed by atoms with Crippen LogP contribution < -0.4 is 5.73 Å². The van der Waals surface area contributed by atoms with Crippen LogP contribution in [0.2, 0.25) is 0 Å². The van der Waals surface area contributed by atoms with Crippen LogP contribution in [-0.4, -0.2) is 56.1 Å². The lowest BCUT2D eigenvalue weighted by atomic mass is 9.84. The van der Waals surface area contributed by atoms with Crippen molar-refractivity contribution in [1.82, 2.24) is 9.80 Å². The van der Waals surface area contributed by atoms with Crippen LogP contribution in [0.1, 0.15) is 46.0 Å². The van der Waals surface area contributed by atoms with Crippen LogP contribution >= 0.6 is 0 Å². The number of nitrogens with two attached hydrogens (primary N) is 1. The summed E-state index contributed by atoms with van der Waals surface area (Å²) in [6, 6.07) is 0. The summed E-state index contributed by atoms with van der Waals surface area (Å²) in [6.07, 6.45) is 6.53. The van der Waals surface area contributed by atoms with Crippen molar-refractivity contribution >= 4 is 0 Å². The molecule has 0 aliphatic carbocycles. The average Bonchev–Trinajstić information content (AvgIpc) is 2.78. The summed E-state index contributed by atoms with van der Waals surface area (Å²) in [6.45, 7) is 11.8. The maximum absolute atomic E-state index is 5.65. The molecule has 0 unspecified atom stereocenters. The van der Waals surface area contributed by atoms with Crippen LogP contribution in [0, 0.1) is 5.41 Å². The highest BCUT2D eigenvalue weighted by Crippen LogP contribution is 2.25. The van der Waals surface area contributed by atoms with Crippen molar-refractivity contribution in [3.63, 3.8) is 0 Å². The average molecular weight is 255 g/mol. The summed E-state index contributed by atoms with van der Waals surface area (Å²) in [5.74, 6) is 0. The Kier molecular flexibility index (Phi) is 7.20. The van der Waals surface area contributed by atoms with Gasteiger partial charge in [0.1, 0.15) is 0 Å². The van der Waals surface area contributed by atoms with Gasteiger partial charge >= 0.3 is 0 Å². The Balaban J connectivity index is 2.03. The van der Waals surface area contributed by atoms with Crippen LogP contribution in [-0.2, 0) is 0 Å². The number of likely N-dealkylation sites (tertiary alicyclic amines) is 1. The van der Waals surface area contributed by atoms with Crippen LogP contribution in [0.15, 0.2) is 0 Å². The van der Waals surface area contributed by atoms with E-state index in [1.807, 2.05) is 0 Å². The Morgan fingerprint density at radius 1 is 1.11 bits per heavy atom. The first-order valence-electron chi connectivity index (χ1n) is 7.64. The fourth-order valence-corrected chi connectivity index (χ4v) is 2.77.